The molecule has 24 rings (SSSR count). The van der Waals surface area contributed by atoms with Gasteiger partial charge in [0.2, 0.25) is 5.69 Å². The van der Waals surface area contributed by atoms with E-state index in [2.05, 4.69) is 347 Å². The largest absolute Gasteiger partial charge is 0.317 e. The Morgan fingerprint density at radius 3 is 0.888 bits per heavy atom. The van der Waals surface area contributed by atoms with Gasteiger partial charge in [-0.3, -0.25) is 0 Å². The number of hydrogen-bond acceptors (Lipinski definition) is 6. The predicted molar refractivity (Wildman–Crippen MR) is 491 cm³/mol. The van der Waals surface area contributed by atoms with Gasteiger partial charge in [-0.15, -0.1) is 34.0 Å². The highest BCUT2D eigenvalue weighted by Crippen LogP contribution is 2.55. The van der Waals surface area contributed by atoms with Gasteiger partial charge < -0.3 is 13.7 Å². The van der Waals surface area contributed by atoms with Gasteiger partial charge in [0, 0.05) is 110 Å². The first-order chi connectivity index (χ1) is 57.5. The summed E-state index contributed by atoms with van der Waals surface area (Å²) in [6.07, 6.45) is 0. The normalized spacial score (nSPS) is 12.0. The Morgan fingerprint density at radius 1 is 0.216 bits per heavy atom. The summed E-state index contributed by atoms with van der Waals surface area (Å²) in [6, 6.07) is 134. The monoisotopic (exact) mass is 1530 g/mol. The summed E-state index contributed by atoms with van der Waals surface area (Å²) in [7, 11) is 0. The molecule has 10 heteroatoms. The highest BCUT2D eigenvalue weighted by molar-refractivity contribution is 7.27. The SMILES string of the molecule is [C-]#[N+]c1cc(-c2nc(-c3ccccc3)nc(-c3ccccc3)n2)c(-n2c3ccc(-c4ccccc4)cc3c3c4sc5ccc(-c6ccccc6)cc5c4ccc32)c(-n2c3ccc(-c4ccccc4)cc3c3c4sc5ccccc5c4ccc32)c1-n1c2ccc(-c3ccccc3)cc2c2c3sc4ccc(-c5ccccc5)cc4c3ccc21. The predicted octanol–water partition coefficient (Wildman–Crippen LogP) is 30.2. The lowest BCUT2D eigenvalue weighted by atomic mass is 10.0. The van der Waals surface area contributed by atoms with Crippen LogP contribution in [0.25, 0.3) is 238 Å². The van der Waals surface area contributed by atoms with E-state index in [1.165, 1.54) is 71.6 Å². The molecular weight excluding hydrogens is 1470 g/mol. The van der Waals surface area contributed by atoms with Crippen molar-refractivity contribution in [1.82, 2.24) is 28.7 Å². The summed E-state index contributed by atoms with van der Waals surface area (Å²) in [6.45, 7) is 10.3. The minimum absolute atomic E-state index is 0.406. The molecule has 0 aliphatic heterocycles. The summed E-state index contributed by atoms with van der Waals surface area (Å²) in [5.41, 5.74) is 22.1. The minimum atomic E-state index is 0.406. The third-order valence-corrected chi connectivity index (χ3v) is 27.1. The van der Waals surface area contributed by atoms with Crippen molar-refractivity contribution in [2.75, 3.05) is 0 Å². The van der Waals surface area contributed by atoms with Gasteiger partial charge in [-0.25, -0.2) is 19.8 Å². The van der Waals surface area contributed by atoms with Crippen LogP contribution in [0.5, 0.6) is 0 Å². The number of fused-ring (bicyclic) bond motifs is 21. The lowest BCUT2D eigenvalue weighted by Crippen LogP contribution is -2.12. The fourth-order valence-corrected chi connectivity index (χ4v) is 22.0. The van der Waals surface area contributed by atoms with E-state index in [-0.39, 0.29) is 0 Å². The molecule has 24 aromatic rings. The second-order valence-corrected chi connectivity index (χ2v) is 33.1. The third-order valence-electron chi connectivity index (χ3n) is 23.5. The molecular formula is C106H61N7S3. The van der Waals surface area contributed by atoms with E-state index < -0.39 is 0 Å². The topological polar surface area (TPSA) is 57.8 Å². The summed E-state index contributed by atoms with van der Waals surface area (Å²) >= 11 is 5.52. The van der Waals surface area contributed by atoms with Crippen LogP contribution >= 0.6 is 34.0 Å². The highest BCUT2D eigenvalue weighted by atomic mass is 32.1. The first kappa shape index (κ1) is 66.0. The summed E-state index contributed by atoms with van der Waals surface area (Å²) in [5.74, 6) is 1.42. The zero-order valence-electron chi connectivity index (χ0n) is 62.1. The molecule has 116 heavy (non-hydrogen) atoms. The first-order valence-electron chi connectivity index (χ1n) is 39.0. The van der Waals surface area contributed by atoms with E-state index in [0.717, 1.165) is 132 Å². The van der Waals surface area contributed by atoms with E-state index in [0.29, 0.717) is 34.4 Å². The zero-order chi connectivity index (χ0) is 76.2. The fraction of sp³-hybridized carbons (Fsp3) is 0. The second kappa shape index (κ2) is 26.2. The van der Waals surface area contributed by atoms with Crippen LogP contribution in [0.4, 0.5) is 5.69 Å². The molecule has 0 aliphatic carbocycles. The third kappa shape index (κ3) is 10.2. The maximum absolute atomic E-state index is 10.3. The van der Waals surface area contributed by atoms with Crippen LogP contribution in [0.2, 0.25) is 0 Å². The molecule has 0 N–H and O–H groups in total. The van der Waals surface area contributed by atoms with Crippen molar-refractivity contribution in [2.24, 2.45) is 0 Å². The number of nitrogens with zero attached hydrogens (tertiary/aromatic N) is 7. The molecule has 17 aromatic carbocycles. The summed E-state index contributed by atoms with van der Waals surface area (Å²) < 4.78 is 14.6. The molecule has 0 spiro atoms. The zero-order valence-corrected chi connectivity index (χ0v) is 64.5. The standard InChI is InChI=1S/C106H61N7S3/c1-107-85-62-84(106-109-104(68-35-19-7-20-36-68)108-105(110-106)69-37-21-8-22-38-69)98(111-86-49-41-70(63-25-9-2-10-26-63)59-81(86)95-89(111)53-47-77-79-57-73(66-31-15-5-16-32-66)44-55-93(79)115-102(77)95)100(113-88-51-43-72(65-29-13-4-14-30-65)61-83(88)97-91(113)52-46-76-75-39-23-24-40-92(75)114-101(76)97)99(85)112-87-50-42-71(64-27-11-3-12-28-64)60-82(87)96-90(112)54-48-78-80-58-74(67-33-17-6-18-34-67)45-56-94(80)116-103(78)96/h2-62H. The molecule has 538 valence electrons. The van der Waals surface area contributed by atoms with Gasteiger partial charge in [0.05, 0.1) is 56.7 Å². The Balaban J connectivity index is 0.932. The van der Waals surface area contributed by atoms with E-state index >= 15 is 0 Å². The molecule has 0 saturated carbocycles. The van der Waals surface area contributed by atoms with Crippen LogP contribution in [0.1, 0.15) is 0 Å². The van der Waals surface area contributed by atoms with Crippen molar-refractivity contribution in [3.05, 3.63) is 381 Å². The number of thiophene rings is 3. The van der Waals surface area contributed by atoms with Gasteiger partial charge in [-0.05, 0) is 147 Å². The lowest BCUT2D eigenvalue weighted by molar-refractivity contribution is 1.04. The van der Waals surface area contributed by atoms with Crippen molar-refractivity contribution < 1.29 is 0 Å². The van der Waals surface area contributed by atoms with E-state index in [1.807, 2.05) is 70.4 Å². The molecule has 7 heterocycles. The molecule has 7 aromatic heterocycles. The Labute approximate surface area is 677 Å². The van der Waals surface area contributed by atoms with E-state index in [9.17, 15) is 6.57 Å². The summed E-state index contributed by atoms with van der Waals surface area (Å²) in [5, 5.41) is 13.7. The second-order valence-electron chi connectivity index (χ2n) is 29.9. The van der Waals surface area contributed by atoms with Crippen LogP contribution in [0.3, 0.4) is 0 Å². The molecule has 0 saturated heterocycles. The Hall–Kier alpha value is -14.7. The lowest BCUT2D eigenvalue weighted by Gasteiger charge is -2.26. The average molecular weight is 1530 g/mol. The van der Waals surface area contributed by atoms with Crippen molar-refractivity contribution in [1.29, 1.82) is 0 Å². The van der Waals surface area contributed by atoms with Crippen molar-refractivity contribution in [3.8, 4) is 107 Å². The van der Waals surface area contributed by atoms with Gasteiger partial charge >= 0.3 is 0 Å². The molecule has 7 nitrogen and oxygen atoms in total. The number of hydrogen-bond donors (Lipinski definition) is 0. The van der Waals surface area contributed by atoms with Crippen molar-refractivity contribution in [3.63, 3.8) is 0 Å². The molecule has 0 radical (unpaired) electrons. The first-order valence-corrected chi connectivity index (χ1v) is 41.4. The van der Waals surface area contributed by atoms with Crippen molar-refractivity contribution >= 4 is 166 Å². The number of rotatable bonds is 11. The Morgan fingerprint density at radius 2 is 0.509 bits per heavy atom. The van der Waals surface area contributed by atoms with Gasteiger partial charge in [-0.2, -0.15) is 0 Å². The molecule has 0 bridgehead atoms. The summed E-state index contributed by atoms with van der Waals surface area (Å²) in [4.78, 5) is 22.0. The minimum Gasteiger partial charge on any atom is -0.317 e. The average Bonchev–Trinajstić information content (AvgIpc) is 1.52. The van der Waals surface area contributed by atoms with Gasteiger partial charge in [0.1, 0.15) is 0 Å². The Bertz CT molecular complexity index is 8180. The van der Waals surface area contributed by atoms with Crippen LogP contribution < -0.4 is 0 Å². The van der Waals surface area contributed by atoms with Gasteiger partial charge in [0.25, 0.3) is 0 Å². The molecule has 0 aliphatic rings. The highest BCUT2D eigenvalue weighted by Gasteiger charge is 2.34. The number of benzene rings is 17. The van der Waals surface area contributed by atoms with Crippen molar-refractivity contribution in [2.45, 2.75) is 0 Å². The van der Waals surface area contributed by atoms with Crippen LogP contribution in [0, 0.1) is 6.57 Å². The molecule has 0 atom stereocenters. The quantitative estimate of drug-likeness (QED) is 0.121. The number of aromatic nitrogens is 6. The fourth-order valence-electron chi connectivity index (χ4n) is 18.2. The maximum Gasteiger partial charge on any atom is 0.213 e. The molecule has 0 unspecified atom stereocenters. The van der Waals surface area contributed by atoms with Gasteiger partial charge in [0.15, 0.2) is 17.5 Å². The smallest absolute Gasteiger partial charge is 0.213 e. The van der Waals surface area contributed by atoms with Crippen LogP contribution in [-0.2, 0) is 0 Å². The van der Waals surface area contributed by atoms with Crippen LogP contribution in [0.15, 0.2) is 370 Å². The van der Waals surface area contributed by atoms with Gasteiger partial charge in [-0.1, -0.05) is 279 Å². The molecule has 0 fully saturated rings. The van der Waals surface area contributed by atoms with E-state index in [1.54, 1.807) is 0 Å². The van der Waals surface area contributed by atoms with E-state index in [4.69, 9.17) is 19.8 Å². The Kier molecular flexibility index (Phi) is 14.9. The maximum atomic E-state index is 10.3. The van der Waals surface area contributed by atoms with Crippen LogP contribution in [-0.4, -0.2) is 28.7 Å². The molecule has 0 amide bonds.